The van der Waals surface area contributed by atoms with Crippen LogP contribution < -0.4 is 10.0 Å². The van der Waals surface area contributed by atoms with Crippen molar-refractivity contribution in [3.63, 3.8) is 0 Å². The predicted molar refractivity (Wildman–Crippen MR) is 96.0 cm³/mol. The van der Waals surface area contributed by atoms with Crippen LogP contribution in [0.1, 0.15) is 9.67 Å². The molecule has 5 nitrogen and oxygen atoms in total. The third-order valence-corrected chi connectivity index (χ3v) is 5.61. The summed E-state index contributed by atoms with van der Waals surface area (Å²) in [5, 5.41) is 4.18. The monoisotopic (exact) mass is 358 g/mol. The van der Waals surface area contributed by atoms with Gasteiger partial charge in [0, 0.05) is 16.8 Å². The lowest BCUT2D eigenvalue weighted by molar-refractivity contribution is 0.103. The summed E-state index contributed by atoms with van der Waals surface area (Å²) < 4.78 is 27.2. The summed E-state index contributed by atoms with van der Waals surface area (Å²) >= 11 is 1.08. The molecule has 122 valence electrons. The van der Waals surface area contributed by atoms with E-state index in [4.69, 9.17) is 0 Å². The third-order valence-electron chi connectivity index (χ3n) is 3.17. The van der Waals surface area contributed by atoms with Crippen LogP contribution >= 0.6 is 11.3 Å². The van der Waals surface area contributed by atoms with Crippen LogP contribution in [0.15, 0.2) is 77.0 Å². The summed E-state index contributed by atoms with van der Waals surface area (Å²) in [6, 6.07) is 19.0. The number of benzene rings is 2. The Morgan fingerprint density at radius 2 is 1.46 bits per heavy atom. The van der Waals surface area contributed by atoms with Gasteiger partial charge in [-0.15, -0.1) is 11.3 Å². The van der Waals surface area contributed by atoms with Crippen molar-refractivity contribution in [1.29, 1.82) is 0 Å². The summed E-state index contributed by atoms with van der Waals surface area (Å²) in [7, 11) is -3.72. The molecule has 2 N–H and O–H groups in total. The van der Waals surface area contributed by atoms with Crippen LogP contribution in [0.25, 0.3) is 0 Å². The van der Waals surface area contributed by atoms with Crippen molar-refractivity contribution in [3.8, 4) is 0 Å². The molecule has 7 heteroatoms. The Bertz CT molecular complexity index is 936. The summed E-state index contributed by atoms with van der Waals surface area (Å²) in [5.74, 6) is -0.340. The van der Waals surface area contributed by atoms with Gasteiger partial charge in [-0.3, -0.25) is 9.52 Å². The van der Waals surface area contributed by atoms with E-state index in [1.54, 1.807) is 42.5 Å². The normalized spacial score (nSPS) is 11.0. The van der Waals surface area contributed by atoms with Gasteiger partial charge in [-0.1, -0.05) is 36.4 Å². The van der Waals surface area contributed by atoms with E-state index in [1.807, 2.05) is 18.2 Å². The first kappa shape index (κ1) is 16.2. The molecule has 2 aromatic carbocycles. The predicted octanol–water partition coefficient (Wildman–Crippen LogP) is 3.80. The Kier molecular flexibility index (Phi) is 4.64. The molecule has 0 saturated heterocycles. The van der Waals surface area contributed by atoms with E-state index < -0.39 is 10.0 Å². The maximum Gasteiger partial charge on any atom is 0.265 e. The standard InChI is InChI=1S/C17H14N2O3S2/c20-17(18-13-7-3-1-4-8-13)16-11-15(12-23-16)24(21,22)19-14-9-5-2-6-10-14/h1-12,19H,(H,18,20). The smallest absolute Gasteiger partial charge is 0.265 e. The molecule has 24 heavy (non-hydrogen) atoms. The minimum absolute atomic E-state index is 0.0644. The quantitative estimate of drug-likeness (QED) is 0.728. The second-order valence-electron chi connectivity index (χ2n) is 4.94. The summed E-state index contributed by atoms with van der Waals surface area (Å²) in [6.07, 6.45) is 0. The van der Waals surface area contributed by atoms with Crippen LogP contribution in [-0.2, 0) is 10.0 Å². The molecule has 0 aliphatic rings. The fourth-order valence-electron chi connectivity index (χ4n) is 2.01. The second-order valence-corrected chi connectivity index (χ2v) is 7.53. The van der Waals surface area contributed by atoms with Gasteiger partial charge in [0.25, 0.3) is 15.9 Å². The van der Waals surface area contributed by atoms with Gasteiger partial charge >= 0.3 is 0 Å². The van der Waals surface area contributed by atoms with Gasteiger partial charge in [-0.05, 0) is 30.3 Å². The molecular formula is C17H14N2O3S2. The number of rotatable bonds is 5. The lowest BCUT2D eigenvalue weighted by Crippen LogP contribution is -2.13. The Morgan fingerprint density at radius 1 is 0.875 bits per heavy atom. The van der Waals surface area contributed by atoms with Gasteiger partial charge in [0.15, 0.2) is 0 Å². The molecule has 0 bridgehead atoms. The number of amides is 1. The molecular weight excluding hydrogens is 344 g/mol. The number of nitrogens with one attached hydrogen (secondary N) is 2. The van der Waals surface area contributed by atoms with Crippen LogP contribution in [0.2, 0.25) is 0 Å². The van der Waals surface area contributed by atoms with Crippen LogP contribution in [0, 0.1) is 0 Å². The molecule has 3 rings (SSSR count). The molecule has 0 fully saturated rings. The van der Waals surface area contributed by atoms with Gasteiger partial charge < -0.3 is 5.32 Å². The highest BCUT2D eigenvalue weighted by atomic mass is 32.2. The molecule has 1 heterocycles. The lowest BCUT2D eigenvalue weighted by Gasteiger charge is -2.05. The topological polar surface area (TPSA) is 75.3 Å². The van der Waals surface area contributed by atoms with E-state index in [0.717, 1.165) is 11.3 Å². The molecule has 0 aliphatic heterocycles. The van der Waals surface area contributed by atoms with Gasteiger partial charge in [0.2, 0.25) is 0 Å². The average molecular weight is 358 g/mol. The van der Waals surface area contributed by atoms with Crippen LogP contribution in [0.3, 0.4) is 0 Å². The molecule has 3 aromatic rings. The average Bonchev–Trinajstić information content (AvgIpc) is 3.07. The Balaban J connectivity index is 1.76. The number of sulfonamides is 1. The fraction of sp³-hybridized carbons (Fsp3) is 0. The van der Waals surface area contributed by atoms with E-state index in [1.165, 1.54) is 11.4 Å². The minimum atomic E-state index is -3.72. The van der Waals surface area contributed by atoms with Crippen molar-refractivity contribution in [1.82, 2.24) is 0 Å². The maximum absolute atomic E-state index is 12.4. The molecule has 0 spiro atoms. The molecule has 1 aromatic heterocycles. The zero-order chi connectivity index (χ0) is 17.0. The summed E-state index contributed by atoms with van der Waals surface area (Å²) in [6.45, 7) is 0. The Morgan fingerprint density at radius 3 is 2.08 bits per heavy atom. The Hall–Kier alpha value is -2.64. The zero-order valence-corrected chi connectivity index (χ0v) is 14.1. The van der Waals surface area contributed by atoms with Crippen molar-refractivity contribution in [2.24, 2.45) is 0 Å². The van der Waals surface area contributed by atoms with Gasteiger partial charge in [-0.25, -0.2) is 8.42 Å². The molecule has 0 radical (unpaired) electrons. The molecule has 0 aliphatic carbocycles. The van der Waals surface area contributed by atoms with Crippen molar-refractivity contribution in [2.75, 3.05) is 10.0 Å². The number of carbonyl (C=O) groups excluding carboxylic acids is 1. The first-order chi connectivity index (χ1) is 11.5. The highest BCUT2D eigenvalue weighted by molar-refractivity contribution is 7.92. The van der Waals surface area contributed by atoms with Gasteiger partial charge in [-0.2, -0.15) is 0 Å². The van der Waals surface area contributed by atoms with Crippen LogP contribution in [0.4, 0.5) is 11.4 Å². The summed E-state index contributed by atoms with van der Waals surface area (Å²) in [4.78, 5) is 12.6. The molecule has 0 atom stereocenters. The third kappa shape index (κ3) is 3.81. The first-order valence-corrected chi connectivity index (χ1v) is 9.44. The van der Waals surface area contributed by atoms with Crippen molar-refractivity contribution in [2.45, 2.75) is 4.90 Å². The van der Waals surface area contributed by atoms with E-state index >= 15 is 0 Å². The summed E-state index contributed by atoms with van der Waals surface area (Å²) in [5.41, 5.74) is 1.13. The molecule has 0 unspecified atom stereocenters. The Labute approximate surface area is 144 Å². The SMILES string of the molecule is O=C(Nc1ccccc1)c1cc(S(=O)(=O)Nc2ccccc2)cs1. The van der Waals surface area contributed by atoms with E-state index in [-0.39, 0.29) is 10.8 Å². The number of hydrogen-bond donors (Lipinski definition) is 2. The van der Waals surface area contributed by atoms with Crippen molar-refractivity contribution < 1.29 is 13.2 Å². The number of para-hydroxylation sites is 2. The highest BCUT2D eigenvalue weighted by Crippen LogP contribution is 2.23. The van der Waals surface area contributed by atoms with E-state index in [0.29, 0.717) is 16.3 Å². The lowest BCUT2D eigenvalue weighted by atomic mass is 10.3. The number of thiophene rings is 1. The highest BCUT2D eigenvalue weighted by Gasteiger charge is 2.19. The molecule has 0 saturated carbocycles. The first-order valence-electron chi connectivity index (χ1n) is 7.07. The van der Waals surface area contributed by atoms with Gasteiger partial charge in [0.1, 0.15) is 0 Å². The van der Waals surface area contributed by atoms with E-state index in [2.05, 4.69) is 10.0 Å². The minimum Gasteiger partial charge on any atom is -0.321 e. The van der Waals surface area contributed by atoms with E-state index in [9.17, 15) is 13.2 Å². The van der Waals surface area contributed by atoms with Gasteiger partial charge in [0.05, 0.1) is 9.77 Å². The number of anilines is 2. The van der Waals surface area contributed by atoms with Crippen LogP contribution in [0.5, 0.6) is 0 Å². The van der Waals surface area contributed by atoms with Crippen LogP contribution in [-0.4, -0.2) is 14.3 Å². The number of carbonyl (C=O) groups is 1. The van der Waals surface area contributed by atoms with Crippen molar-refractivity contribution >= 4 is 38.6 Å². The fourth-order valence-corrected chi connectivity index (χ4v) is 4.24. The maximum atomic E-state index is 12.4. The second kappa shape index (κ2) is 6.86. The largest absolute Gasteiger partial charge is 0.321 e. The van der Waals surface area contributed by atoms with Crippen molar-refractivity contribution in [3.05, 3.63) is 77.0 Å². The molecule has 1 amide bonds. The number of hydrogen-bond acceptors (Lipinski definition) is 4. The zero-order valence-electron chi connectivity index (χ0n) is 12.5.